The van der Waals surface area contributed by atoms with Gasteiger partial charge in [-0.2, -0.15) is 0 Å². The molecule has 1 aliphatic heterocycles. The maximum Gasteiger partial charge on any atom is 0.339 e. The third-order valence-electron chi connectivity index (χ3n) is 3.47. The van der Waals surface area contributed by atoms with Gasteiger partial charge >= 0.3 is 5.97 Å². The number of Topliss-reactive ketones (excluding diaryl/α,β-unsaturated/α-hetero) is 1. The zero-order valence-corrected chi connectivity index (χ0v) is 11.3. The number of carbonyl (C=O) groups is 2. The number of cyclic esters (lactones) is 1. The molecule has 96 valence electrons. The SMILES string of the molecule is CC(=O)CCc1c(C)ccc2c1C(=O)OC2(C)C. The molecule has 0 atom stereocenters. The first-order chi connectivity index (χ1) is 8.33. The summed E-state index contributed by atoms with van der Waals surface area (Å²) >= 11 is 0. The molecule has 3 heteroatoms. The second kappa shape index (κ2) is 4.23. The highest BCUT2D eigenvalue weighted by atomic mass is 16.6. The lowest BCUT2D eigenvalue weighted by Gasteiger charge is -2.18. The number of ether oxygens (including phenoxy) is 1. The molecule has 2 rings (SSSR count). The zero-order valence-electron chi connectivity index (χ0n) is 11.3. The van der Waals surface area contributed by atoms with Crippen molar-refractivity contribution in [3.8, 4) is 0 Å². The number of ketones is 1. The van der Waals surface area contributed by atoms with Crippen molar-refractivity contribution in [3.05, 3.63) is 34.4 Å². The van der Waals surface area contributed by atoms with E-state index in [1.807, 2.05) is 32.9 Å². The topological polar surface area (TPSA) is 43.4 Å². The Bertz CT molecular complexity index is 527. The molecule has 1 aliphatic rings. The molecule has 18 heavy (non-hydrogen) atoms. The summed E-state index contributed by atoms with van der Waals surface area (Å²) in [6.07, 6.45) is 1.07. The third kappa shape index (κ3) is 2.05. The van der Waals surface area contributed by atoms with E-state index in [2.05, 4.69) is 0 Å². The Morgan fingerprint density at radius 3 is 2.61 bits per heavy atom. The second-order valence-corrected chi connectivity index (χ2v) is 5.39. The number of hydrogen-bond donors (Lipinski definition) is 0. The van der Waals surface area contributed by atoms with Gasteiger partial charge in [0.25, 0.3) is 0 Å². The number of aryl methyl sites for hydroxylation is 1. The van der Waals surface area contributed by atoms with Crippen molar-refractivity contribution in [1.29, 1.82) is 0 Å². The maximum atomic E-state index is 12.0. The highest BCUT2D eigenvalue weighted by Crippen LogP contribution is 2.38. The standard InChI is InChI=1S/C15H18O3/c1-9-5-8-12-13(11(9)7-6-10(2)16)14(17)18-15(12,3)4/h5,8H,6-7H2,1-4H3. The summed E-state index contributed by atoms with van der Waals surface area (Å²) in [6.45, 7) is 7.32. The van der Waals surface area contributed by atoms with E-state index in [4.69, 9.17) is 4.74 Å². The second-order valence-electron chi connectivity index (χ2n) is 5.39. The lowest BCUT2D eigenvalue weighted by molar-refractivity contribution is -0.116. The van der Waals surface area contributed by atoms with Crippen LogP contribution < -0.4 is 0 Å². The summed E-state index contributed by atoms with van der Waals surface area (Å²) in [4.78, 5) is 23.1. The summed E-state index contributed by atoms with van der Waals surface area (Å²) < 4.78 is 5.40. The van der Waals surface area contributed by atoms with E-state index in [1.165, 1.54) is 0 Å². The van der Waals surface area contributed by atoms with Crippen molar-refractivity contribution in [3.63, 3.8) is 0 Å². The van der Waals surface area contributed by atoms with Gasteiger partial charge in [-0.1, -0.05) is 12.1 Å². The summed E-state index contributed by atoms with van der Waals surface area (Å²) in [5.41, 5.74) is 3.03. The molecule has 0 N–H and O–H groups in total. The largest absolute Gasteiger partial charge is 0.451 e. The predicted octanol–water partition coefficient (Wildman–Crippen LogP) is 2.92. The van der Waals surface area contributed by atoms with Gasteiger partial charge in [0.05, 0.1) is 5.56 Å². The number of rotatable bonds is 3. The van der Waals surface area contributed by atoms with E-state index < -0.39 is 5.60 Å². The Morgan fingerprint density at radius 1 is 1.33 bits per heavy atom. The van der Waals surface area contributed by atoms with Gasteiger partial charge in [0.2, 0.25) is 0 Å². The van der Waals surface area contributed by atoms with E-state index >= 15 is 0 Å². The number of esters is 1. The molecule has 0 aliphatic carbocycles. The van der Waals surface area contributed by atoms with E-state index in [0.29, 0.717) is 18.4 Å². The summed E-state index contributed by atoms with van der Waals surface area (Å²) in [6, 6.07) is 3.95. The lowest BCUT2D eigenvalue weighted by Crippen LogP contribution is -2.15. The molecule has 1 aromatic rings. The first kappa shape index (κ1) is 12.8. The quantitative estimate of drug-likeness (QED) is 0.770. The smallest absolute Gasteiger partial charge is 0.339 e. The van der Waals surface area contributed by atoms with Crippen LogP contribution in [0.3, 0.4) is 0 Å². The van der Waals surface area contributed by atoms with Crippen LogP contribution in [0.25, 0.3) is 0 Å². The molecular formula is C15H18O3. The highest BCUT2D eigenvalue weighted by Gasteiger charge is 2.39. The van der Waals surface area contributed by atoms with Crippen molar-refractivity contribution in [1.82, 2.24) is 0 Å². The minimum atomic E-state index is -0.564. The Hall–Kier alpha value is -1.64. The summed E-state index contributed by atoms with van der Waals surface area (Å²) in [7, 11) is 0. The van der Waals surface area contributed by atoms with Crippen molar-refractivity contribution in [2.45, 2.75) is 46.1 Å². The number of fused-ring (bicyclic) bond motifs is 1. The van der Waals surface area contributed by atoms with Gasteiger partial charge in [-0.3, -0.25) is 0 Å². The summed E-state index contributed by atoms with van der Waals surface area (Å²) in [5.74, 6) is -0.130. The minimum absolute atomic E-state index is 0.137. The fourth-order valence-corrected chi connectivity index (χ4v) is 2.45. The normalized spacial score (nSPS) is 16.3. The first-order valence-electron chi connectivity index (χ1n) is 6.18. The number of benzene rings is 1. The van der Waals surface area contributed by atoms with Crippen LogP contribution in [-0.2, 0) is 21.6 Å². The van der Waals surface area contributed by atoms with Crippen molar-refractivity contribution in [2.24, 2.45) is 0 Å². The predicted molar refractivity (Wildman–Crippen MR) is 68.6 cm³/mol. The van der Waals surface area contributed by atoms with Crippen LogP contribution in [0, 0.1) is 6.92 Å². The molecule has 3 nitrogen and oxygen atoms in total. The van der Waals surface area contributed by atoms with Gasteiger partial charge in [-0.25, -0.2) is 4.79 Å². The fraction of sp³-hybridized carbons (Fsp3) is 0.467. The molecule has 0 saturated carbocycles. The average Bonchev–Trinajstić information content (AvgIpc) is 2.47. The molecule has 0 saturated heterocycles. The Balaban J connectivity index is 2.51. The average molecular weight is 246 g/mol. The van der Waals surface area contributed by atoms with Gasteiger partial charge in [0, 0.05) is 12.0 Å². The van der Waals surface area contributed by atoms with Gasteiger partial charge in [0.1, 0.15) is 11.4 Å². The van der Waals surface area contributed by atoms with E-state index in [-0.39, 0.29) is 11.8 Å². The van der Waals surface area contributed by atoms with Crippen LogP contribution in [0.4, 0.5) is 0 Å². The Labute approximate surface area is 107 Å². The molecule has 0 spiro atoms. The summed E-state index contributed by atoms with van der Waals surface area (Å²) in [5, 5.41) is 0. The number of hydrogen-bond acceptors (Lipinski definition) is 3. The van der Waals surface area contributed by atoms with E-state index in [1.54, 1.807) is 6.92 Å². The fourth-order valence-electron chi connectivity index (χ4n) is 2.45. The number of carbonyl (C=O) groups excluding carboxylic acids is 2. The van der Waals surface area contributed by atoms with Crippen LogP contribution in [0.1, 0.15) is 54.2 Å². The highest BCUT2D eigenvalue weighted by molar-refractivity contribution is 5.96. The molecule has 0 fully saturated rings. The van der Waals surface area contributed by atoms with Gasteiger partial charge in [-0.05, 0) is 45.2 Å². The molecule has 0 amide bonds. The molecule has 0 unspecified atom stereocenters. The molecule has 0 aromatic heterocycles. The first-order valence-corrected chi connectivity index (χ1v) is 6.18. The zero-order chi connectivity index (χ0) is 13.5. The minimum Gasteiger partial charge on any atom is -0.451 e. The lowest BCUT2D eigenvalue weighted by atomic mass is 9.88. The van der Waals surface area contributed by atoms with Crippen molar-refractivity contribution >= 4 is 11.8 Å². The Kier molecular flexibility index (Phi) is 3.01. The Morgan fingerprint density at radius 2 is 2.00 bits per heavy atom. The van der Waals surface area contributed by atoms with Gasteiger partial charge in [0.15, 0.2) is 0 Å². The van der Waals surface area contributed by atoms with Crippen LogP contribution in [-0.4, -0.2) is 11.8 Å². The molecule has 0 radical (unpaired) electrons. The maximum absolute atomic E-state index is 12.0. The molecule has 1 aromatic carbocycles. The van der Waals surface area contributed by atoms with E-state index in [9.17, 15) is 9.59 Å². The molecular weight excluding hydrogens is 228 g/mol. The van der Waals surface area contributed by atoms with Crippen molar-refractivity contribution < 1.29 is 14.3 Å². The van der Waals surface area contributed by atoms with Crippen LogP contribution >= 0.6 is 0 Å². The molecule has 0 bridgehead atoms. The van der Waals surface area contributed by atoms with Crippen LogP contribution in [0.15, 0.2) is 12.1 Å². The van der Waals surface area contributed by atoms with Crippen LogP contribution in [0.2, 0.25) is 0 Å². The monoisotopic (exact) mass is 246 g/mol. The van der Waals surface area contributed by atoms with Crippen LogP contribution in [0.5, 0.6) is 0 Å². The third-order valence-corrected chi connectivity index (χ3v) is 3.47. The van der Waals surface area contributed by atoms with Crippen molar-refractivity contribution in [2.75, 3.05) is 0 Å². The van der Waals surface area contributed by atoms with E-state index in [0.717, 1.165) is 16.7 Å². The van der Waals surface area contributed by atoms with Gasteiger partial charge < -0.3 is 9.53 Å². The van der Waals surface area contributed by atoms with Gasteiger partial charge in [-0.15, -0.1) is 0 Å². The molecule has 1 heterocycles.